The molecule has 0 heterocycles. The summed E-state index contributed by atoms with van der Waals surface area (Å²) in [6.07, 6.45) is 1.56. The third-order valence-corrected chi connectivity index (χ3v) is 7.06. The molecule has 0 bridgehead atoms. The number of hydrogen-bond acceptors (Lipinski definition) is 3. The molecular formula is C24H24Cl2N2O3S. The van der Waals surface area contributed by atoms with Crippen molar-refractivity contribution in [3.8, 4) is 0 Å². The van der Waals surface area contributed by atoms with Crippen LogP contribution in [0.25, 0.3) is 0 Å². The van der Waals surface area contributed by atoms with Gasteiger partial charge in [-0.05, 0) is 55.7 Å². The van der Waals surface area contributed by atoms with Crippen molar-refractivity contribution in [2.75, 3.05) is 17.4 Å². The Balaban J connectivity index is 1.76. The van der Waals surface area contributed by atoms with Crippen LogP contribution in [0.4, 0.5) is 5.69 Å². The highest BCUT2D eigenvalue weighted by atomic mass is 35.5. The zero-order valence-electron chi connectivity index (χ0n) is 17.6. The number of nitrogens with one attached hydrogen (secondary N) is 1. The van der Waals surface area contributed by atoms with Crippen molar-refractivity contribution in [3.05, 3.63) is 94.0 Å². The van der Waals surface area contributed by atoms with Gasteiger partial charge in [0.05, 0.1) is 10.6 Å². The Morgan fingerprint density at radius 3 is 2.19 bits per heavy atom. The molecule has 0 aliphatic rings. The smallest absolute Gasteiger partial charge is 0.264 e. The van der Waals surface area contributed by atoms with E-state index in [0.717, 1.165) is 22.7 Å². The molecule has 1 amide bonds. The molecule has 5 nitrogen and oxygen atoms in total. The van der Waals surface area contributed by atoms with Crippen LogP contribution in [0.2, 0.25) is 10.0 Å². The summed E-state index contributed by atoms with van der Waals surface area (Å²) in [7, 11) is -4.02. The molecule has 0 atom stereocenters. The summed E-state index contributed by atoms with van der Waals surface area (Å²) in [4.78, 5) is 12.7. The zero-order valence-corrected chi connectivity index (χ0v) is 19.9. The molecule has 32 heavy (non-hydrogen) atoms. The predicted octanol–water partition coefficient (Wildman–Crippen LogP) is 5.25. The average molecular weight is 491 g/mol. The Bertz CT molecular complexity index is 1150. The first kappa shape index (κ1) is 24.1. The van der Waals surface area contributed by atoms with E-state index in [0.29, 0.717) is 6.54 Å². The molecular weight excluding hydrogens is 467 g/mol. The Kier molecular flexibility index (Phi) is 8.18. The number of rotatable bonds is 9. The SMILES string of the molecule is Cc1ccc(S(=O)(=O)N(CC(=O)NCCCc2ccccc2)c2cc(Cl)cc(Cl)c2)cc1. The number of hydrogen-bond donors (Lipinski definition) is 1. The summed E-state index contributed by atoms with van der Waals surface area (Å²) in [5, 5.41) is 3.36. The van der Waals surface area contributed by atoms with Crippen molar-refractivity contribution in [1.29, 1.82) is 0 Å². The van der Waals surface area contributed by atoms with Crippen molar-refractivity contribution in [3.63, 3.8) is 0 Å². The fourth-order valence-electron chi connectivity index (χ4n) is 3.19. The van der Waals surface area contributed by atoms with E-state index in [-0.39, 0.29) is 20.6 Å². The molecule has 1 N–H and O–H groups in total. The lowest BCUT2D eigenvalue weighted by molar-refractivity contribution is -0.119. The van der Waals surface area contributed by atoms with Gasteiger partial charge in [0.15, 0.2) is 0 Å². The molecule has 0 fully saturated rings. The van der Waals surface area contributed by atoms with Crippen molar-refractivity contribution in [2.45, 2.75) is 24.7 Å². The molecule has 3 rings (SSSR count). The number of aryl methyl sites for hydroxylation is 2. The van der Waals surface area contributed by atoms with Crippen molar-refractivity contribution in [1.82, 2.24) is 5.32 Å². The van der Waals surface area contributed by atoms with Crippen LogP contribution in [0.1, 0.15) is 17.5 Å². The maximum atomic E-state index is 13.4. The Morgan fingerprint density at radius 2 is 1.56 bits per heavy atom. The topological polar surface area (TPSA) is 66.5 Å². The third kappa shape index (κ3) is 6.48. The minimum atomic E-state index is -4.02. The van der Waals surface area contributed by atoms with E-state index in [2.05, 4.69) is 5.32 Å². The minimum Gasteiger partial charge on any atom is -0.355 e. The molecule has 0 aromatic heterocycles. The number of carbonyl (C=O) groups is 1. The lowest BCUT2D eigenvalue weighted by atomic mass is 10.1. The van der Waals surface area contributed by atoms with Crippen molar-refractivity contribution in [2.24, 2.45) is 0 Å². The molecule has 0 saturated carbocycles. The van der Waals surface area contributed by atoms with Gasteiger partial charge in [-0.25, -0.2) is 8.42 Å². The maximum Gasteiger partial charge on any atom is 0.264 e. The number of carbonyl (C=O) groups excluding carboxylic acids is 1. The van der Waals surface area contributed by atoms with Crippen LogP contribution in [0.15, 0.2) is 77.7 Å². The molecule has 168 valence electrons. The minimum absolute atomic E-state index is 0.0797. The first-order valence-corrected chi connectivity index (χ1v) is 12.3. The first-order chi connectivity index (χ1) is 15.3. The molecule has 0 saturated heterocycles. The van der Waals surface area contributed by atoms with E-state index in [1.54, 1.807) is 12.1 Å². The Hall–Kier alpha value is -2.54. The number of nitrogens with zero attached hydrogens (tertiary/aromatic N) is 1. The monoisotopic (exact) mass is 490 g/mol. The van der Waals surface area contributed by atoms with Crippen LogP contribution in [-0.2, 0) is 21.2 Å². The van der Waals surface area contributed by atoms with Gasteiger partial charge in [0.2, 0.25) is 5.91 Å². The van der Waals surface area contributed by atoms with Gasteiger partial charge in [0.1, 0.15) is 6.54 Å². The average Bonchev–Trinajstić information content (AvgIpc) is 2.75. The van der Waals surface area contributed by atoms with Crippen LogP contribution in [0.3, 0.4) is 0 Å². The molecule has 3 aromatic rings. The fourth-order valence-corrected chi connectivity index (χ4v) is 5.11. The summed E-state index contributed by atoms with van der Waals surface area (Å²) in [6, 6.07) is 20.9. The van der Waals surface area contributed by atoms with Crippen molar-refractivity contribution < 1.29 is 13.2 Å². The molecule has 0 unspecified atom stereocenters. The molecule has 0 aliphatic carbocycles. The highest BCUT2D eigenvalue weighted by Crippen LogP contribution is 2.29. The second kappa shape index (κ2) is 10.9. The van der Waals surface area contributed by atoms with Crippen molar-refractivity contribution >= 4 is 44.8 Å². The van der Waals surface area contributed by atoms with Crippen LogP contribution in [0.5, 0.6) is 0 Å². The number of amides is 1. The van der Waals surface area contributed by atoms with E-state index in [4.69, 9.17) is 23.2 Å². The largest absolute Gasteiger partial charge is 0.355 e. The quantitative estimate of drug-likeness (QED) is 0.416. The van der Waals surface area contributed by atoms with Gasteiger partial charge in [-0.2, -0.15) is 0 Å². The Labute approximate surface area is 199 Å². The molecule has 8 heteroatoms. The third-order valence-electron chi connectivity index (χ3n) is 4.84. The van der Waals surface area contributed by atoms with Gasteiger partial charge in [0.25, 0.3) is 10.0 Å². The summed E-state index contributed by atoms with van der Waals surface area (Å²) < 4.78 is 27.8. The first-order valence-electron chi connectivity index (χ1n) is 10.1. The molecule has 0 radical (unpaired) electrons. The summed E-state index contributed by atoms with van der Waals surface area (Å²) in [5.74, 6) is -0.412. The van der Waals surface area contributed by atoms with E-state index in [1.807, 2.05) is 37.3 Å². The zero-order chi connectivity index (χ0) is 23.1. The van der Waals surface area contributed by atoms with Crippen LogP contribution >= 0.6 is 23.2 Å². The fraction of sp³-hybridized carbons (Fsp3) is 0.208. The van der Waals surface area contributed by atoms with Gasteiger partial charge in [0, 0.05) is 16.6 Å². The molecule has 3 aromatic carbocycles. The summed E-state index contributed by atoms with van der Waals surface area (Å²) in [5.41, 5.74) is 2.33. The van der Waals surface area contributed by atoms with Gasteiger partial charge < -0.3 is 5.32 Å². The predicted molar refractivity (Wildman–Crippen MR) is 130 cm³/mol. The maximum absolute atomic E-state index is 13.4. The standard InChI is InChI=1S/C24H24Cl2N2O3S/c1-18-9-11-23(12-10-18)32(30,31)28(22-15-20(25)14-21(26)16-22)17-24(29)27-13-5-8-19-6-3-2-4-7-19/h2-4,6-7,9-12,14-16H,5,8,13,17H2,1H3,(H,27,29). The summed E-state index contributed by atoms with van der Waals surface area (Å²) >= 11 is 12.2. The second-order valence-corrected chi connectivity index (χ2v) is 10.1. The normalized spacial score (nSPS) is 11.2. The van der Waals surface area contributed by atoms with Crippen LogP contribution in [0, 0.1) is 6.92 Å². The second-order valence-electron chi connectivity index (χ2n) is 7.39. The van der Waals surface area contributed by atoms with E-state index in [1.165, 1.54) is 35.9 Å². The van der Waals surface area contributed by atoms with E-state index in [9.17, 15) is 13.2 Å². The van der Waals surface area contributed by atoms with Gasteiger partial charge in [-0.1, -0.05) is 71.2 Å². The highest BCUT2D eigenvalue weighted by Gasteiger charge is 2.27. The van der Waals surface area contributed by atoms with Gasteiger partial charge in [-0.3, -0.25) is 9.10 Å². The number of halogens is 2. The summed E-state index contributed by atoms with van der Waals surface area (Å²) in [6.45, 7) is 1.91. The van der Waals surface area contributed by atoms with Crippen LogP contribution < -0.4 is 9.62 Å². The van der Waals surface area contributed by atoms with Gasteiger partial charge in [-0.15, -0.1) is 0 Å². The number of sulfonamides is 1. The van der Waals surface area contributed by atoms with E-state index >= 15 is 0 Å². The van der Waals surface area contributed by atoms with Crippen LogP contribution in [-0.4, -0.2) is 27.4 Å². The highest BCUT2D eigenvalue weighted by molar-refractivity contribution is 7.92. The molecule has 0 spiro atoms. The van der Waals surface area contributed by atoms with E-state index < -0.39 is 22.5 Å². The number of anilines is 1. The lowest BCUT2D eigenvalue weighted by Crippen LogP contribution is -2.41. The number of benzene rings is 3. The molecule has 0 aliphatic heterocycles. The lowest BCUT2D eigenvalue weighted by Gasteiger charge is -2.24. The Morgan fingerprint density at radius 1 is 0.938 bits per heavy atom. The van der Waals surface area contributed by atoms with Gasteiger partial charge >= 0.3 is 0 Å².